The molecule has 1 unspecified atom stereocenters. The summed E-state index contributed by atoms with van der Waals surface area (Å²) >= 11 is 9.23. The first-order valence-electron chi connectivity index (χ1n) is 8.80. The van der Waals surface area contributed by atoms with Gasteiger partial charge in [-0.1, -0.05) is 17.7 Å². The Kier molecular flexibility index (Phi) is 5.23. The van der Waals surface area contributed by atoms with Gasteiger partial charge in [-0.3, -0.25) is 9.59 Å². The highest BCUT2D eigenvalue weighted by molar-refractivity contribution is 7.21. The molecule has 28 heavy (non-hydrogen) atoms. The van der Waals surface area contributed by atoms with Gasteiger partial charge in [0.05, 0.1) is 16.5 Å². The van der Waals surface area contributed by atoms with E-state index in [2.05, 4.69) is 10.3 Å². The first-order chi connectivity index (χ1) is 13.4. The molecule has 1 N–H and O–H groups in total. The lowest BCUT2D eigenvalue weighted by atomic mass is 10.1. The molecule has 0 radical (unpaired) electrons. The summed E-state index contributed by atoms with van der Waals surface area (Å²) in [6.07, 6.45) is 0.195. The van der Waals surface area contributed by atoms with E-state index >= 15 is 0 Å². The molecule has 0 aliphatic carbocycles. The molecule has 0 spiro atoms. The highest BCUT2D eigenvalue weighted by atomic mass is 35.5. The van der Waals surface area contributed by atoms with Crippen LogP contribution in [0, 0.1) is 19.8 Å². The van der Waals surface area contributed by atoms with Crippen LogP contribution in [0.2, 0.25) is 5.02 Å². The van der Waals surface area contributed by atoms with Gasteiger partial charge in [0.2, 0.25) is 11.8 Å². The van der Waals surface area contributed by atoms with E-state index in [0.717, 1.165) is 31.8 Å². The lowest BCUT2D eigenvalue weighted by molar-refractivity contribution is -0.122. The van der Waals surface area contributed by atoms with Gasteiger partial charge in [0.15, 0.2) is 0 Å². The molecule has 4 rings (SSSR count). The number of halogens is 1. The van der Waals surface area contributed by atoms with Gasteiger partial charge < -0.3 is 10.2 Å². The quantitative estimate of drug-likeness (QED) is 0.622. The van der Waals surface area contributed by atoms with E-state index in [1.807, 2.05) is 31.4 Å². The molecule has 0 bridgehead atoms. The minimum absolute atomic E-state index is 0.0663. The molecule has 1 atom stereocenters. The Bertz CT molecular complexity index is 1060. The number of nitrogens with zero attached hydrogens (tertiary/aromatic N) is 2. The first kappa shape index (κ1) is 19.1. The monoisotopic (exact) mass is 431 g/mol. The second kappa shape index (κ2) is 7.66. The lowest BCUT2D eigenvalue weighted by Crippen LogP contribution is -2.28. The van der Waals surface area contributed by atoms with E-state index in [4.69, 9.17) is 11.6 Å². The van der Waals surface area contributed by atoms with E-state index in [9.17, 15) is 9.59 Å². The van der Waals surface area contributed by atoms with E-state index in [1.54, 1.807) is 45.8 Å². The van der Waals surface area contributed by atoms with Crippen molar-refractivity contribution in [1.82, 2.24) is 4.98 Å². The number of nitrogens with one attached hydrogen (secondary N) is 1. The van der Waals surface area contributed by atoms with Gasteiger partial charge in [0.25, 0.3) is 0 Å². The Morgan fingerprint density at radius 1 is 1.32 bits per heavy atom. The summed E-state index contributed by atoms with van der Waals surface area (Å²) in [5, 5.41) is 6.53. The summed E-state index contributed by atoms with van der Waals surface area (Å²) in [5.41, 5.74) is 2.50. The van der Waals surface area contributed by atoms with Crippen molar-refractivity contribution in [2.75, 3.05) is 16.8 Å². The van der Waals surface area contributed by atoms with Crippen molar-refractivity contribution in [3.8, 4) is 9.88 Å². The van der Waals surface area contributed by atoms with Crippen LogP contribution in [-0.2, 0) is 9.59 Å². The fourth-order valence-corrected chi connectivity index (χ4v) is 5.21. The van der Waals surface area contributed by atoms with Gasteiger partial charge in [-0.2, -0.15) is 0 Å². The lowest BCUT2D eigenvalue weighted by Gasteiger charge is -2.17. The van der Waals surface area contributed by atoms with Gasteiger partial charge >= 0.3 is 0 Å². The maximum Gasteiger partial charge on any atom is 0.229 e. The van der Waals surface area contributed by atoms with Crippen molar-refractivity contribution < 1.29 is 9.59 Å². The highest BCUT2D eigenvalue weighted by Crippen LogP contribution is 2.36. The Labute approximate surface area is 176 Å². The minimum atomic E-state index is -0.392. The van der Waals surface area contributed by atoms with Crippen molar-refractivity contribution in [1.29, 1.82) is 0 Å². The van der Waals surface area contributed by atoms with Crippen molar-refractivity contribution in [3.63, 3.8) is 0 Å². The summed E-state index contributed by atoms with van der Waals surface area (Å²) < 4.78 is 0. The van der Waals surface area contributed by atoms with Crippen molar-refractivity contribution in [2.24, 2.45) is 5.92 Å². The number of anilines is 2. The molecular weight excluding hydrogens is 414 g/mol. The number of carbonyl (C=O) groups excluding carboxylic acids is 2. The summed E-state index contributed by atoms with van der Waals surface area (Å²) in [6, 6.07) is 9.09. The minimum Gasteiger partial charge on any atom is -0.325 e. The van der Waals surface area contributed by atoms with Gasteiger partial charge in [-0.05, 0) is 38.1 Å². The van der Waals surface area contributed by atoms with Gasteiger partial charge in [0.1, 0.15) is 5.01 Å². The maximum absolute atomic E-state index is 12.8. The van der Waals surface area contributed by atoms with E-state index < -0.39 is 5.92 Å². The summed E-state index contributed by atoms with van der Waals surface area (Å²) in [6.45, 7) is 4.29. The van der Waals surface area contributed by atoms with Crippen LogP contribution in [0.25, 0.3) is 9.88 Å². The SMILES string of the molecule is Cc1csc(-c2cc(NC(=O)C3CC(=O)N(c4cccc(Cl)c4)C3)c(C)s2)n1. The zero-order valence-electron chi connectivity index (χ0n) is 15.4. The predicted octanol–water partition coefficient (Wildman–Crippen LogP) is 5.13. The van der Waals surface area contributed by atoms with E-state index in [-0.39, 0.29) is 18.2 Å². The zero-order chi connectivity index (χ0) is 19.8. The smallest absolute Gasteiger partial charge is 0.229 e. The van der Waals surface area contributed by atoms with Crippen LogP contribution in [0.1, 0.15) is 17.0 Å². The molecule has 1 saturated heterocycles. The van der Waals surface area contributed by atoms with Crippen LogP contribution < -0.4 is 10.2 Å². The van der Waals surface area contributed by atoms with Crippen LogP contribution in [-0.4, -0.2) is 23.3 Å². The fourth-order valence-electron chi connectivity index (χ4n) is 3.19. The van der Waals surface area contributed by atoms with Crippen LogP contribution >= 0.6 is 34.3 Å². The summed E-state index contributed by atoms with van der Waals surface area (Å²) in [5.74, 6) is -0.597. The highest BCUT2D eigenvalue weighted by Gasteiger charge is 2.35. The number of carbonyl (C=O) groups is 2. The topological polar surface area (TPSA) is 62.3 Å². The van der Waals surface area contributed by atoms with E-state index in [1.165, 1.54) is 0 Å². The molecule has 1 aliphatic heterocycles. The standard InChI is InChI=1S/C20H18ClN3O2S2/c1-11-10-27-20(22-11)17-8-16(12(2)28-17)23-19(26)13-6-18(25)24(9-13)15-5-3-4-14(21)7-15/h3-5,7-8,10,13H,6,9H2,1-2H3,(H,23,26). The molecule has 2 amide bonds. The number of hydrogen-bond donors (Lipinski definition) is 1. The number of aryl methyl sites for hydroxylation is 2. The Balaban J connectivity index is 1.47. The second-order valence-electron chi connectivity index (χ2n) is 6.75. The third-order valence-electron chi connectivity index (χ3n) is 4.62. The second-order valence-corrected chi connectivity index (χ2v) is 9.30. The number of rotatable bonds is 4. The van der Waals surface area contributed by atoms with Crippen molar-refractivity contribution >= 4 is 57.5 Å². The Hall–Kier alpha value is -2.22. The molecule has 3 aromatic rings. The molecule has 2 aromatic heterocycles. The predicted molar refractivity (Wildman–Crippen MR) is 115 cm³/mol. The largest absolute Gasteiger partial charge is 0.325 e. The fraction of sp³-hybridized carbons (Fsp3) is 0.250. The van der Waals surface area contributed by atoms with Crippen LogP contribution in [0.15, 0.2) is 35.7 Å². The number of benzene rings is 1. The molecule has 5 nitrogen and oxygen atoms in total. The number of thiophene rings is 1. The molecule has 3 heterocycles. The maximum atomic E-state index is 12.8. The summed E-state index contributed by atoms with van der Waals surface area (Å²) in [7, 11) is 0. The number of hydrogen-bond acceptors (Lipinski definition) is 5. The number of aromatic nitrogens is 1. The van der Waals surface area contributed by atoms with Crippen LogP contribution in [0.5, 0.6) is 0 Å². The van der Waals surface area contributed by atoms with E-state index in [0.29, 0.717) is 11.6 Å². The van der Waals surface area contributed by atoms with Gasteiger partial charge in [-0.15, -0.1) is 22.7 Å². The first-order valence-corrected chi connectivity index (χ1v) is 10.9. The molecular formula is C20H18ClN3O2S2. The zero-order valence-corrected chi connectivity index (χ0v) is 17.7. The average molecular weight is 432 g/mol. The molecule has 1 aliphatic rings. The molecule has 1 aromatic carbocycles. The third kappa shape index (κ3) is 3.83. The Morgan fingerprint density at radius 2 is 2.14 bits per heavy atom. The van der Waals surface area contributed by atoms with Crippen LogP contribution in [0.3, 0.4) is 0 Å². The van der Waals surface area contributed by atoms with Gasteiger partial charge in [0, 0.05) is 39.6 Å². The summed E-state index contributed by atoms with van der Waals surface area (Å²) in [4.78, 5) is 33.4. The van der Waals surface area contributed by atoms with Crippen molar-refractivity contribution in [2.45, 2.75) is 20.3 Å². The van der Waals surface area contributed by atoms with Gasteiger partial charge in [-0.25, -0.2) is 4.98 Å². The Morgan fingerprint density at radius 3 is 2.86 bits per heavy atom. The van der Waals surface area contributed by atoms with Crippen LogP contribution in [0.4, 0.5) is 11.4 Å². The molecule has 0 saturated carbocycles. The molecule has 1 fully saturated rings. The average Bonchev–Trinajstić information content (AvgIpc) is 3.34. The molecule has 8 heteroatoms. The normalized spacial score (nSPS) is 16.6. The molecule has 144 valence electrons. The third-order valence-corrected chi connectivity index (χ3v) is 7.04. The number of thiazole rings is 1. The van der Waals surface area contributed by atoms with Crippen molar-refractivity contribution in [3.05, 3.63) is 51.3 Å². The number of amides is 2.